The Labute approximate surface area is 539 Å². The summed E-state index contributed by atoms with van der Waals surface area (Å²) >= 11 is 1.94. The summed E-state index contributed by atoms with van der Waals surface area (Å²) in [6.45, 7) is 51.0. The van der Waals surface area contributed by atoms with Gasteiger partial charge < -0.3 is 14.7 Å². The van der Waals surface area contributed by atoms with E-state index >= 15 is 0 Å². The molecule has 0 spiro atoms. The third kappa shape index (κ3) is 9.60. The van der Waals surface area contributed by atoms with E-state index in [1.807, 2.05) is 11.3 Å². The van der Waals surface area contributed by atoms with Gasteiger partial charge in [0.1, 0.15) is 0 Å². The Morgan fingerprint density at radius 3 is 1.16 bits per heavy atom. The Hall–Kier alpha value is -6.56. The Balaban J connectivity index is 1.15. The molecule has 3 heterocycles. The summed E-state index contributed by atoms with van der Waals surface area (Å²) in [5.74, 6) is 0. The number of hydrogen-bond acceptors (Lipinski definition) is 4. The molecule has 8 aromatic carbocycles. The van der Waals surface area contributed by atoms with Crippen LogP contribution in [0.2, 0.25) is 0 Å². The van der Waals surface area contributed by atoms with Crippen LogP contribution < -0.4 is 31.1 Å². The van der Waals surface area contributed by atoms with Crippen molar-refractivity contribution in [3.63, 3.8) is 0 Å². The van der Waals surface area contributed by atoms with Crippen LogP contribution in [0.3, 0.4) is 0 Å². The van der Waals surface area contributed by atoms with Gasteiger partial charge >= 0.3 is 0 Å². The molecular weight excluding hydrogens is 1090 g/mol. The summed E-state index contributed by atoms with van der Waals surface area (Å²) < 4.78 is 2.68. The molecule has 0 atom stereocenters. The molecule has 0 unspecified atom stereocenters. The molecule has 0 amide bonds. The van der Waals surface area contributed by atoms with Crippen molar-refractivity contribution in [2.24, 2.45) is 0 Å². The van der Waals surface area contributed by atoms with Gasteiger partial charge in [-0.15, -0.1) is 11.3 Å². The normalized spacial score (nSPS) is 19.0. The lowest BCUT2D eigenvalue weighted by Crippen LogP contribution is -2.62. The van der Waals surface area contributed by atoms with Gasteiger partial charge in [0.2, 0.25) is 0 Å². The number of fused-ring (bicyclic) bond motifs is 10. The number of benzene rings is 8. The zero-order chi connectivity index (χ0) is 63.5. The molecular formula is C84H98BN3S. The highest BCUT2D eigenvalue weighted by molar-refractivity contribution is 7.25. The summed E-state index contributed by atoms with van der Waals surface area (Å²) in [5.41, 5.74) is 28.3. The van der Waals surface area contributed by atoms with E-state index in [4.69, 9.17) is 0 Å². The van der Waals surface area contributed by atoms with Crippen molar-refractivity contribution in [1.29, 1.82) is 0 Å². The predicted molar refractivity (Wildman–Crippen MR) is 390 cm³/mol. The van der Waals surface area contributed by atoms with Crippen molar-refractivity contribution >= 4 is 106 Å². The monoisotopic (exact) mass is 1190 g/mol. The van der Waals surface area contributed by atoms with E-state index in [1.165, 1.54) is 127 Å². The molecule has 0 bridgehead atoms. The standard InChI is InChI=1S/C84H98BN3S/c1-76(2,3)51-22-27-54(28-23-51)86(55-29-24-52(25-30-55)77(4,5)6)58-45-71-75-72(46-58)88(57-31-34-61-62(44-57)80(12,13)37-36-79(61,10)11)70-50-66-64(82(16,17)39-41-84(66,20)21)48-68(70)85(75)67-47-63-65(83(18,19)40-38-81(63,14)15)49-69(67)87(71)56-32-35-73-60(43-56)59-33-26-53(78(7,8)9)42-74(59)89-73/h22-35,42-50H,36-41H2,1-21H3. The van der Waals surface area contributed by atoms with Crippen LogP contribution in [-0.2, 0) is 48.7 Å². The van der Waals surface area contributed by atoms with Crippen molar-refractivity contribution in [1.82, 2.24) is 0 Å². The van der Waals surface area contributed by atoms with Crippen LogP contribution in [0.1, 0.15) is 234 Å². The molecule has 3 aliphatic carbocycles. The van der Waals surface area contributed by atoms with Gasteiger partial charge in [-0.25, -0.2) is 0 Å². The van der Waals surface area contributed by atoms with Crippen LogP contribution in [0, 0.1) is 0 Å². The fraction of sp³-hybridized carbons (Fsp3) is 0.429. The molecule has 2 aliphatic heterocycles. The molecule has 5 aliphatic rings. The minimum absolute atomic E-state index is 0.00113. The first-order chi connectivity index (χ1) is 41.4. The van der Waals surface area contributed by atoms with E-state index in [1.54, 1.807) is 0 Å². The topological polar surface area (TPSA) is 9.72 Å². The zero-order valence-corrected chi connectivity index (χ0v) is 58.7. The minimum Gasteiger partial charge on any atom is -0.311 e. The molecule has 458 valence electrons. The molecule has 0 saturated carbocycles. The van der Waals surface area contributed by atoms with Crippen molar-refractivity contribution in [2.75, 3.05) is 14.7 Å². The number of anilines is 9. The van der Waals surface area contributed by atoms with Gasteiger partial charge in [0.15, 0.2) is 0 Å². The number of rotatable bonds is 5. The van der Waals surface area contributed by atoms with Crippen LogP contribution >= 0.6 is 11.3 Å². The van der Waals surface area contributed by atoms with Gasteiger partial charge in [-0.1, -0.05) is 200 Å². The number of nitrogens with zero attached hydrogens (tertiary/aromatic N) is 3. The summed E-state index contributed by atoms with van der Waals surface area (Å²) in [6, 6.07) is 57.5. The average molecular weight is 1190 g/mol. The molecule has 9 aromatic rings. The van der Waals surface area contributed by atoms with E-state index < -0.39 is 0 Å². The first-order valence-corrected chi connectivity index (χ1v) is 34.5. The van der Waals surface area contributed by atoms with E-state index in [0.717, 1.165) is 49.2 Å². The first-order valence-electron chi connectivity index (χ1n) is 33.7. The highest BCUT2D eigenvalue weighted by Gasteiger charge is 2.50. The van der Waals surface area contributed by atoms with E-state index in [2.05, 4.69) is 300 Å². The third-order valence-electron chi connectivity index (χ3n) is 22.9. The Bertz CT molecular complexity index is 4330. The third-order valence-corrected chi connectivity index (χ3v) is 24.0. The van der Waals surface area contributed by atoms with Gasteiger partial charge in [0.05, 0.1) is 5.69 Å². The molecule has 0 fully saturated rings. The molecule has 0 saturated heterocycles. The Morgan fingerprint density at radius 1 is 0.337 bits per heavy atom. The lowest BCUT2D eigenvalue weighted by molar-refractivity contribution is 0.332. The lowest BCUT2D eigenvalue weighted by atomic mass is 9.32. The quantitative estimate of drug-likeness (QED) is 0.159. The fourth-order valence-electron chi connectivity index (χ4n) is 16.5. The number of thiophene rings is 1. The highest BCUT2D eigenvalue weighted by atomic mass is 32.1. The van der Waals surface area contributed by atoms with E-state index in [0.29, 0.717) is 0 Å². The molecule has 14 rings (SSSR count). The van der Waals surface area contributed by atoms with E-state index in [-0.39, 0.29) is 55.4 Å². The fourth-order valence-corrected chi connectivity index (χ4v) is 17.7. The van der Waals surface area contributed by atoms with Crippen LogP contribution in [0.25, 0.3) is 20.2 Å². The summed E-state index contributed by atoms with van der Waals surface area (Å²) in [7, 11) is 0. The SMILES string of the molecule is CC(C)(C)c1ccc(N(c2ccc(C(C)(C)C)cc2)c2cc3c4c(c2)N(c2ccc5sc6cc(C(C)(C)C)ccc6c5c2)c2cc5c(cc2B4c2cc4c(cc2N3c2ccc3c(c2)C(C)(C)CCC3(C)C)C(C)(C)CCC4(C)C)C(C)(C)CCC5(C)C)cc1. The van der Waals surface area contributed by atoms with Gasteiger partial charge in [-0.3, -0.25) is 0 Å². The molecule has 1 aromatic heterocycles. The van der Waals surface area contributed by atoms with Crippen LogP contribution in [0.5, 0.6) is 0 Å². The summed E-state index contributed by atoms with van der Waals surface area (Å²) in [4.78, 5) is 8.09. The van der Waals surface area contributed by atoms with Gasteiger partial charge in [-0.05, 0) is 239 Å². The number of hydrogen-bond donors (Lipinski definition) is 0. The lowest BCUT2D eigenvalue weighted by Gasteiger charge is -2.49. The van der Waals surface area contributed by atoms with Crippen molar-refractivity contribution in [2.45, 2.75) is 233 Å². The predicted octanol–water partition coefficient (Wildman–Crippen LogP) is 22.5. The largest absolute Gasteiger partial charge is 0.311 e. The average Bonchev–Trinajstić information content (AvgIpc) is 0.959. The van der Waals surface area contributed by atoms with Crippen molar-refractivity contribution < 1.29 is 0 Å². The first kappa shape index (κ1) is 60.0. The maximum absolute atomic E-state index is 2.77. The second-order valence-electron chi connectivity index (χ2n) is 35.1. The maximum Gasteiger partial charge on any atom is 0.252 e. The molecule has 3 nitrogen and oxygen atoms in total. The highest BCUT2D eigenvalue weighted by Crippen LogP contribution is 2.56. The maximum atomic E-state index is 2.77. The minimum atomic E-state index is -0.0519. The van der Waals surface area contributed by atoms with Gasteiger partial charge in [0, 0.05) is 65.7 Å². The summed E-state index contributed by atoms with van der Waals surface area (Å²) in [6.07, 6.45) is 6.93. The van der Waals surface area contributed by atoms with Crippen molar-refractivity contribution in [3.05, 3.63) is 190 Å². The molecule has 0 N–H and O–H groups in total. The van der Waals surface area contributed by atoms with Crippen LogP contribution in [0.15, 0.2) is 140 Å². The molecule has 5 heteroatoms. The molecule has 89 heavy (non-hydrogen) atoms. The van der Waals surface area contributed by atoms with Gasteiger partial charge in [0.25, 0.3) is 6.71 Å². The smallest absolute Gasteiger partial charge is 0.252 e. The summed E-state index contributed by atoms with van der Waals surface area (Å²) in [5, 5.41) is 2.65. The second kappa shape index (κ2) is 19.5. The second-order valence-corrected chi connectivity index (χ2v) is 36.2. The zero-order valence-electron chi connectivity index (χ0n) is 57.8. The Kier molecular flexibility index (Phi) is 13.1. The Morgan fingerprint density at radius 2 is 0.719 bits per heavy atom. The van der Waals surface area contributed by atoms with E-state index in [9.17, 15) is 0 Å². The van der Waals surface area contributed by atoms with Crippen LogP contribution in [-0.4, -0.2) is 6.71 Å². The van der Waals surface area contributed by atoms with Crippen molar-refractivity contribution in [3.8, 4) is 0 Å². The van der Waals surface area contributed by atoms with Gasteiger partial charge in [-0.2, -0.15) is 0 Å². The molecule has 0 radical (unpaired) electrons. The van der Waals surface area contributed by atoms with Crippen LogP contribution in [0.4, 0.5) is 51.2 Å².